The molecule has 2 rings (SSSR count). The molecule has 2 heterocycles. The van der Waals surface area contributed by atoms with Crippen molar-refractivity contribution >= 4 is 15.7 Å². The molecule has 0 radical (unpaired) electrons. The third kappa shape index (κ3) is 3.64. The highest BCUT2D eigenvalue weighted by Gasteiger charge is 2.19. The number of sulfone groups is 1. The Bertz CT molecular complexity index is 486. The molecule has 0 aromatic carbocycles. The van der Waals surface area contributed by atoms with Gasteiger partial charge in [-0.1, -0.05) is 0 Å². The molecule has 0 bridgehead atoms. The molecular weight excluding hydrogens is 252 g/mol. The van der Waals surface area contributed by atoms with Crippen molar-refractivity contribution in [3.8, 4) is 0 Å². The van der Waals surface area contributed by atoms with E-state index in [1.54, 1.807) is 19.4 Å². The lowest BCUT2D eigenvalue weighted by Gasteiger charge is -2.18. The van der Waals surface area contributed by atoms with E-state index in [2.05, 4.69) is 20.2 Å². The van der Waals surface area contributed by atoms with Crippen molar-refractivity contribution in [2.75, 3.05) is 37.0 Å². The van der Waals surface area contributed by atoms with Gasteiger partial charge in [-0.2, -0.15) is 0 Å². The van der Waals surface area contributed by atoms with Crippen LogP contribution in [0.2, 0.25) is 0 Å². The highest BCUT2D eigenvalue weighted by Crippen LogP contribution is 2.09. The smallest absolute Gasteiger partial charge is 0.151 e. The Morgan fingerprint density at radius 1 is 1.28 bits per heavy atom. The van der Waals surface area contributed by atoms with Crippen LogP contribution in [-0.4, -0.2) is 54.9 Å². The summed E-state index contributed by atoms with van der Waals surface area (Å²) in [5.74, 6) is 1.28. The SMILES string of the molecule is CNc1cnc(CN2CCCS(=O)(=O)CC2)cn1. The largest absolute Gasteiger partial charge is 0.372 e. The molecule has 1 aliphatic rings. The van der Waals surface area contributed by atoms with Crippen LogP contribution in [0.25, 0.3) is 0 Å². The topological polar surface area (TPSA) is 75.2 Å². The second-order valence-electron chi connectivity index (χ2n) is 4.42. The molecule has 1 saturated heterocycles. The van der Waals surface area contributed by atoms with Crippen LogP contribution in [0.15, 0.2) is 12.4 Å². The van der Waals surface area contributed by atoms with E-state index in [1.165, 1.54) is 0 Å². The highest BCUT2D eigenvalue weighted by molar-refractivity contribution is 7.91. The van der Waals surface area contributed by atoms with Crippen LogP contribution in [0, 0.1) is 0 Å². The van der Waals surface area contributed by atoms with Crippen molar-refractivity contribution in [3.63, 3.8) is 0 Å². The molecule has 100 valence electrons. The molecule has 0 saturated carbocycles. The van der Waals surface area contributed by atoms with E-state index in [-0.39, 0.29) is 5.75 Å². The Balaban J connectivity index is 1.96. The fraction of sp³-hybridized carbons (Fsp3) is 0.636. The van der Waals surface area contributed by atoms with Gasteiger partial charge in [-0.15, -0.1) is 0 Å². The van der Waals surface area contributed by atoms with Crippen molar-refractivity contribution in [3.05, 3.63) is 18.1 Å². The average Bonchev–Trinajstić information content (AvgIpc) is 2.52. The average molecular weight is 270 g/mol. The summed E-state index contributed by atoms with van der Waals surface area (Å²) in [7, 11) is -1.05. The van der Waals surface area contributed by atoms with Gasteiger partial charge in [0.25, 0.3) is 0 Å². The van der Waals surface area contributed by atoms with Crippen molar-refractivity contribution in [1.82, 2.24) is 14.9 Å². The summed E-state index contributed by atoms with van der Waals surface area (Å²) >= 11 is 0. The minimum atomic E-state index is -2.84. The molecule has 7 heteroatoms. The molecule has 0 atom stereocenters. The molecule has 0 unspecified atom stereocenters. The number of rotatable bonds is 3. The maximum absolute atomic E-state index is 11.5. The number of hydrogen-bond acceptors (Lipinski definition) is 6. The lowest BCUT2D eigenvalue weighted by Crippen LogP contribution is -2.27. The predicted molar refractivity (Wildman–Crippen MR) is 70.1 cm³/mol. The maximum atomic E-state index is 11.5. The quantitative estimate of drug-likeness (QED) is 0.842. The van der Waals surface area contributed by atoms with Crippen molar-refractivity contribution < 1.29 is 8.42 Å². The molecule has 1 aliphatic heterocycles. The van der Waals surface area contributed by atoms with E-state index in [0.717, 1.165) is 18.1 Å². The number of hydrogen-bond donors (Lipinski definition) is 1. The van der Waals surface area contributed by atoms with E-state index >= 15 is 0 Å². The standard InChI is InChI=1S/C11H18N4O2S/c1-12-11-8-13-10(7-14-11)9-15-3-2-5-18(16,17)6-4-15/h7-8H,2-6,9H2,1H3,(H,12,14). The molecular formula is C11H18N4O2S. The number of aromatic nitrogens is 2. The van der Waals surface area contributed by atoms with Crippen LogP contribution >= 0.6 is 0 Å². The van der Waals surface area contributed by atoms with Crippen LogP contribution in [0.5, 0.6) is 0 Å². The Morgan fingerprint density at radius 2 is 2.11 bits per heavy atom. The zero-order valence-electron chi connectivity index (χ0n) is 10.5. The van der Waals surface area contributed by atoms with Crippen LogP contribution in [-0.2, 0) is 16.4 Å². The fourth-order valence-electron chi connectivity index (χ4n) is 1.94. The normalized spacial score (nSPS) is 20.3. The maximum Gasteiger partial charge on any atom is 0.151 e. The molecule has 1 N–H and O–H groups in total. The Kier molecular flexibility index (Phi) is 4.13. The van der Waals surface area contributed by atoms with Crippen molar-refractivity contribution in [1.29, 1.82) is 0 Å². The van der Waals surface area contributed by atoms with Gasteiger partial charge < -0.3 is 5.32 Å². The summed E-state index contributed by atoms with van der Waals surface area (Å²) in [5.41, 5.74) is 0.869. The van der Waals surface area contributed by atoms with E-state index in [9.17, 15) is 8.42 Å². The Hall–Kier alpha value is -1.21. The first-order valence-electron chi connectivity index (χ1n) is 6.00. The van der Waals surface area contributed by atoms with Crippen LogP contribution in [0.4, 0.5) is 5.82 Å². The van der Waals surface area contributed by atoms with E-state index in [0.29, 0.717) is 25.3 Å². The van der Waals surface area contributed by atoms with Crippen molar-refractivity contribution in [2.24, 2.45) is 0 Å². The summed E-state index contributed by atoms with van der Waals surface area (Å²) in [6.45, 7) is 2.04. The van der Waals surface area contributed by atoms with Crippen LogP contribution < -0.4 is 5.32 Å². The first-order valence-corrected chi connectivity index (χ1v) is 7.83. The van der Waals surface area contributed by atoms with Gasteiger partial charge in [0.05, 0.1) is 29.6 Å². The third-order valence-electron chi connectivity index (χ3n) is 3.00. The summed E-state index contributed by atoms with van der Waals surface area (Å²) in [5, 5.41) is 2.91. The minimum Gasteiger partial charge on any atom is -0.372 e. The van der Waals surface area contributed by atoms with Gasteiger partial charge in [-0.05, 0) is 13.0 Å². The molecule has 0 spiro atoms. The zero-order valence-corrected chi connectivity index (χ0v) is 11.3. The van der Waals surface area contributed by atoms with Gasteiger partial charge in [0.15, 0.2) is 9.84 Å². The van der Waals surface area contributed by atoms with Crippen molar-refractivity contribution in [2.45, 2.75) is 13.0 Å². The summed E-state index contributed by atoms with van der Waals surface area (Å²) in [6, 6.07) is 0. The summed E-state index contributed by atoms with van der Waals surface area (Å²) in [6.07, 6.45) is 4.11. The molecule has 1 aromatic heterocycles. The lowest BCUT2D eigenvalue weighted by molar-refractivity contribution is 0.283. The van der Waals surface area contributed by atoms with Gasteiger partial charge in [-0.25, -0.2) is 13.4 Å². The van der Waals surface area contributed by atoms with Gasteiger partial charge in [0.2, 0.25) is 0 Å². The van der Waals surface area contributed by atoms with Crippen LogP contribution in [0.3, 0.4) is 0 Å². The fourth-order valence-corrected chi connectivity index (χ4v) is 3.25. The highest BCUT2D eigenvalue weighted by atomic mass is 32.2. The van der Waals surface area contributed by atoms with Crippen LogP contribution in [0.1, 0.15) is 12.1 Å². The van der Waals surface area contributed by atoms with E-state index < -0.39 is 9.84 Å². The monoisotopic (exact) mass is 270 g/mol. The molecule has 0 amide bonds. The molecule has 1 fully saturated rings. The van der Waals surface area contributed by atoms with Gasteiger partial charge >= 0.3 is 0 Å². The minimum absolute atomic E-state index is 0.245. The zero-order chi connectivity index (χ0) is 13.0. The Morgan fingerprint density at radius 3 is 2.78 bits per heavy atom. The van der Waals surface area contributed by atoms with Gasteiger partial charge in [0.1, 0.15) is 5.82 Å². The first-order chi connectivity index (χ1) is 8.59. The molecule has 1 aromatic rings. The third-order valence-corrected chi connectivity index (χ3v) is 4.71. The predicted octanol–water partition coefficient (Wildman–Crippen LogP) is 0.139. The van der Waals surface area contributed by atoms with E-state index in [4.69, 9.17) is 0 Å². The summed E-state index contributed by atoms with van der Waals surface area (Å²) < 4.78 is 23.0. The lowest BCUT2D eigenvalue weighted by atomic mass is 10.3. The molecule has 18 heavy (non-hydrogen) atoms. The van der Waals surface area contributed by atoms with E-state index in [1.807, 2.05) is 0 Å². The van der Waals surface area contributed by atoms with Gasteiger partial charge in [0, 0.05) is 20.1 Å². The number of nitrogens with one attached hydrogen (secondary N) is 1. The molecule has 6 nitrogen and oxygen atoms in total. The molecule has 0 aliphatic carbocycles. The number of nitrogens with zero attached hydrogens (tertiary/aromatic N) is 3. The number of anilines is 1. The second-order valence-corrected chi connectivity index (χ2v) is 6.73. The Labute approximate surface area is 107 Å². The van der Waals surface area contributed by atoms with Gasteiger partial charge in [-0.3, -0.25) is 9.88 Å². The first kappa shape index (κ1) is 13.2. The summed E-state index contributed by atoms with van der Waals surface area (Å²) in [4.78, 5) is 10.6. The second kappa shape index (κ2) is 5.62.